The highest BCUT2D eigenvalue weighted by Crippen LogP contribution is 2.47. The molecule has 0 fully saturated rings. The number of carbonyl (C=O) groups excluding carboxylic acids is 1. The molecule has 0 radical (unpaired) electrons. The highest BCUT2D eigenvalue weighted by atomic mass is 35.5. The molecule has 1 aromatic heterocycles. The molecule has 134 valence electrons. The van der Waals surface area contributed by atoms with Crippen LogP contribution in [0.4, 0.5) is 4.39 Å². The van der Waals surface area contributed by atoms with E-state index in [9.17, 15) is 9.18 Å². The molecule has 5 nitrogen and oxygen atoms in total. The minimum Gasteiger partial charge on any atom is -0.369 e. The second-order valence-corrected chi connectivity index (χ2v) is 7.78. The Kier molecular flexibility index (Phi) is 4.51. The number of thiophene rings is 1. The van der Waals surface area contributed by atoms with Crippen molar-refractivity contribution in [3.63, 3.8) is 0 Å². The Hall–Kier alpha value is -2.43. The van der Waals surface area contributed by atoms with Gasteiger partial charge in [0.25, 0.3) is 0 Å². The number of rotatable bonds is 2. The van der Waals surface area contributed by atoms with Crippen molar-refractivity contribution in [2.24, 2.45) is 10.7 Å². The molecular weight excluding hydrogens is 375 g/mol. The van der Waals surface area contributed by atoms with Gasteiger partial charge in [-0.1, -0.05) is 17.7 Å². The standard InChI is InChI=1S/C18H16ClFN4OS/c1-9-14(19)16(18(2)7-13(25)24(3)17(22)23-18)26-15(9)10-4-5-12(20)11(6-10)8-21/h4-6H,7H2,1-3H3,(H2,22,23)/t18-/m1/s1. The molecular formula is C18H16ClFN4OS. The highest BCUT2D eigenvalue weighted by Gasteiger charge is 2.39. The normalized spacial score (nSPS) is 20.1. The van der Waals surface area contributed by atoms with Gasteiger partial charge in [0.1, 0.15) is 17.4 Å². The Morgan fingerprint density at radius 1 is 1.50 bits per heavy atom. The van der Waals surface area contributed by atoms with E-state index in [4.69, 9.17) is 22.6 Å². The van der Waals surface area contributed by atoms with Crippen LogP contribution in [0.1, 0.15) is 29.3 Å². The zero-order chi connectivity index (χ0) is 19.2. The van der Waals surface area contributed by atoms with Crippen LogP contribution in [0.15, 0.2) is 23.2 Å². The van der Waals surface area contributed by atoms with Gasteiger partial charge in [0.15, 0.2) is 5.96 Å². The third kappa shape index (κ3) is 2.85. The molecule has 0 unspecified atom stereocenters. The zero-order valence-corrected chi connectivity index (χ0v) is 16.0. The first kappa shape index (κ1) is 18.4. The first-order valence-electron chi connectivity index (χ1n) is 7.79. The van der Waals surface area contributed by atoms with E-state index in [0.29, 0.717) is 10.6 Å². The number of hydrogen-bond donors (Lipinski definition) is 1. The van der Waals surface area contributed by atoms with E-state index in [1.54, 1.807) is 13.1 Å². The van der Waals surface area contributed by atoms with E-state index in [1.807, 2.05) is 19.9 Å². The van der Waals surface area contributed by atoms with Crippen LogP contribution < -0.4 is 5.73 Å². The van der Waals surface area contributed by atoms with Gasteiger partial charge in [-0.3, -0.25) is 9.69 Å². The maximum Gasteiger partial charge on any atom is 0.231 e. The van der Waals surface area contributed by atoms with E-state index < -0.39 is 11.4 Å². The molecule has 2 aromatic rings. The topological polar surface area (TPSA) is 82.5 Å². The summed E-state index contributed by atoms with van der Waals surface area (Å²) in [6.45, 7) is 3.66. The van der Waals surface area contributed by atoms with Crippen LogP contribution in [-0.2, 0) is 10.3 Å². The molecule has 0 spiro atoms. The zero-order valence-electron chi connectivity index (χ0n) is 14.4. The highest BCUT2D eigenvalue weighted by molar-refractivity contribution is 7.16. The van der Waals surface area contributed by atoms with Gasteiger partial charge < -0.3 is 5.73 Å². The van der Waals surface area contributed by atoms with Gasteiger partial charge in [-0.2, -0.15) is 5.26 Å². The lowest BCUT2D eigenvalue weighted by atomic mass is 9.93. The van der Waals surface area contributed by atoms with E-state index in [1.165, 1.54) is 28.4 Å². The number of aliphatic imine (C=N–C) groups is 1. The van der Waals surface area contributed by atoms with Crippen molar-refractivity contribution < 1.29 is 9.18 Å². The van der Waals surface area contributed by atoms with Crippen LogP contribution in [0.2, 0.25) is 5.02 Å². The number of amides is 1. The predicted octanol–water partition coefficient (Wildman–Crippen LogP) is 3.78. The fourth-order valence-corrected chi connectivity index (χ4v) is 4.66. The van der Waals surface area contributed by atoms with E-state index >= 15 is 0 Å². The van der Waals surface area contributed by atoms with Crippen LogP contribution in [0.3, 0.4) is 0 Å². The van der Waals surface area contributed by atoms with Gasteiger partial charge in [-0.05, 0) is 37.1 Å². The molecule has 1 aliphatic heterocycles. The van der Waals surface area contributed by atoms with E-state index in [2.05, 4.69) is 4.99 Å². The molecule has 0 bridgehead atoms. The third-order valence-electron chi connectivity index (χ3n) is 4.49. The first-order valence-corrected chi connectivity index (χ1v) is 8.98. The van der Waals surface area contributed by atoms with Gasteiger partial charge in [0.05, 0.1) is 21.9 Å². The van der Waals surface area contributed by atoms with Gasteiger partial charge in [-0.15, -0.1) is 11.3 Å². The summed E-state index contributed by atoms with van der Waals surface area (Å²) in [5, 5.41) is 9.56. The first-order chi connectivity index (χ1) is 12.2. The number of benzene rings is 1. The summed E-state index contributed by atoms with van der Waals surface area (Å²) < 4.78 is 13.6. The Balaban J connectivity index is 2.15. The molecule has 0 saturated heterocycles. The summed E-state index contributed by atoms with van der Waals surface area (Å²) in [6, 6.07) is 6.20. The number of nitrogens with two attached hydrogens (primary N) is 1. The fourth-order valence-electron chi connectivity index (χ4n) is 2.91. The lowest BCUT2D eigenvalue weighted by Gasteiger charge is -2.32. The number of hydrogen-bond acceptors (Lipinski definition) is 5. The van der Waals surface area contributed by atoms with Gasteiger partial charge in [0, 0.05) is 11.9 Å². The molecule has 1 atom stereocenters. The molecule has 1 aromatic carbocycles. The largest absolute Gasteiger partial charge is 0.369 e. The number of nitrogens with zero attached hydrogens (tertiary/aromatic N) is 3. The quantitative estimate of drug-likeness (QED) is 0.847. The molecule has 0 saturated carbocycles. The average molecular weight is 391 g/mol. The second kappa shape index (κ2) is 6.38. The minimum atomic E-state index is -0.865. The third-order valence-corrected chi connectivity index (χ3v) is 6.66. The Bertz CT molecular complexity index is 994. The SMILES string of the molecule is Cc1c(-c2ccc(F)c(C#N)c2)sc([C@@]2(C)CC(=O)N(C)C(N)=N2)c1Cl. The van der Waals surface area contributed by atoms with Crippen LogP contribution in [-0.4, -0.2) is 23.8 Å². The predicted molar refractivity (Wildman–Crippen MR) is 101 cm³/mol. The van der Waals surface area contributed by atoms with Crippen LogP contribution in [0, 0.1) is 24.1 Å². The van der Waals surface area contributed by atoms with Gasteiger partial charge in [-0.25, -0.2) is 9.38 Å². The number of guanidine groups is 1. The van der Waals surface area contributed by atoms with Crippen LogP contribution in [0.5, 0.6) is 0 Å². The summed E-state index contributed by atoms with van der Waals surface area (Å²) in [6.07, 6.45) is 0.149. The molecule has 8 heteroatoms. The summed E-state index contributed by atoms with van der Waals surface area (Å²) in [7, 11) is 1.58. The Labute approximate surface area is 159 Å². The van der Waals surface area contributed by atoms with Crippen molar-refractivity contribution >= 4 is 34.8 Å². The van der Waals surface area contributed by atoms with Crippen LogP contribution >= 0.6 is 22.9 Å². The fraction of sp³-hybridized carbons (Fsp3) is 0.278. The number of halogens is 2. The lowest BCUT2D eigenvalue weighted by Crippen LogP contribution is -2.47. The molecule has 26 heavy (non-hydrogen) atoms. The van der Waals surface area contributed by atoms with E-state index in [-0.39, 0.29) is 23.9 Å². The lowest BCUT2D eigenvalue weighted by molar-refractivity contribution is -0.128. The molecule has 0 aliphatic carbocycles. The summed E-state index contributed by atoms with van der Waals surface area (Å²) in [5.41, 5.74) is 6.47. The smallest absolute Gasteiger partial charge is 0.231 e. The second-order valence-electron chi connectivity index (χ2n) is 6.38. The molecule has 3 rings (SSSR count). The summed E-state index contributed by atoms with van der Waals surface area (Å²) in [5.74, 6) is -0.569. The monoisotopic (exact) mass is 390 g/mol. The minimum absolute atomic E-state index is 0.0316. The van der Waals surface area contributed by atoms with Gasteiger partial charge in [0.2, 0.25) is 5.91 Å². The maximum atomic E-state index is 13.6. The molecule has 2 N–H and O–H groups in total. The molecule has 2 heterocycles. The Morgan fingerprint density at radius 3 is 2.81 bits per heavy atom. The van der Waals surface area contributed by atoms with Crippen LogP contribution in [0.25, 0.3) is 10.4 Å². The van der Waals surface area contributed by atoms with Gasteiger partial charge >= 0.3 is 0 Å². The van der Waals surface area contributed by atoms with E-state index in [0.717, 1.165) is 15.3 Å². The Morgan fingerprint density at radius 2 is 2.19 bits per heavy atom. The average Bonchev–Trinajstić information content (AvgIpc) is 2.89. The van der Waals surface area contributed by atoms with Crippen molar-refractivity contribution in [1.29, 1.82) is 5.26 Å². The molecule has 1 amide bonds. The molecule has 1 aliphatic rings. The van der Waals surface area contributed by atoms with Crippen molar-refractivity contribution in [1.82, 2.24) is 4.90 Å². The number of carbonyl (C=O) groups is 1. The summed E-state index contributed by atoms with van der Waals surface area (Å²) >= 11 is 7.94. The number of nitriles is 1. The maximum absolute atomic E-state index is 13.6. The summed E-state index contributed by atoms with van der Waals surface area (Å²) in [4.78, 5) is 19.6. The van der Waals surface area contributed by atoms with Crippen molar-refractivity contribution in [2.75, 3.05) is 7.05 Å². The van der Waals surface area contributed by atoms with Crippen molar-refractivity contribution in [2.45, 2.75) is 25.8 Å². The van der Waals surface area contributed by atoms with Crippen molar-refractivity contribution in [3.05, 3.63) is 45.0 Å². The van der Waals surface area contributed by atoms with Crippen molar-refractivity contribution in [3.8, 4) is 16.5 Å².